The molecule has 0 saturated heterocycles. The molecule has 2 heterocycles. The monoisotopic (exact) mass is 361 g/mol. The van der Waals surface area contributed by atoms with Crippen LogP contribution in [0.3, 0.4) is 0 Å². The zero-order chi connectivity index (χ0) is 17.1. The van der Waals surface area contributed by atoms with Gasteiger partial charge in [0.1, 0.15) is 11.3 Å². The summed E-state index contributed by atoms with van der Waals surface area (Å²) in [6, 6.07) is 8.29. The number of amides is 1. The van der Waals surface area contributed by atoms with Crippen LogP contribution in [0.5, 0.6) is 0 Å². The molecule has 0 saturated carbocycles. The summed E-state index contributed by atoms with van der Waals surface area (Å²) < 4.78 is 3.11. The minimum absolute atomic E-state index is 0.0533. The Labute approximate surface area is 148 Å². The van der Waals surface area contributed by atoms with Crippen LogP contribution in [0, 0.1) is 0 Å². The highest BCUT2D eigenvalue weighted by atomic mass is 32.2. The Morgan fingerprint density at radius 2 is 2.17 bits per heavy atom. The molecule has 0 N–H and O–H groups in total. The average molecular weight is 361 g/mol. The number of aromatic nitrogens is 4. The van der Waals surface area contributed by atoms with Crippen LogP contribution in [0.2, 0.25) is 0 Å². The van der Waals surface area contributed by atoms with Gasteiger partial charge in [0.05, 0.1) is 22.5 Å². The molecule has 6 nitrogen and oxygen atoms in total. The lowest BCUT2D eigenvalue weighted by Gasteiger charge is -2.15. The van der Waals surface area contributed by atoms with E-state index < -0.39 is 0 Å². The largest absolute Gasteiger partial charge is 0.338 e. The van der Waals surface area contributed by atoms with E-state index in [-0.39, 0.29) is 11.9 Å². The minimum Gasteiger partial charge on any atom is -0.338 e. The van der Waals surface area contributed by atoms with Crippen molar-refractivity contribution in [3.63, 3.8) is 0 Å². The third kappa shape index (κ3) is 3.76. The van der Waals surface area contributed by atoms with Crippen molar-refractivity contribution in [2.45, 2.75) is 31.6 Å². The first kappa shape index (κ1) is 16.9. The Hall–Kier alpha value is -1.93. The van der Waals surface area contributed by atoms with Crippen molar-refractivity contribution < 1.29 is 4.79 Å². The molecule has 0 aliphatic heterocycles. The van der Waals surface area contributed by atoms with Crippen molar-refractivity contribution in [2.75, 3.05) is 12.8 Å². The second-order valence-electron chi connectivity index (χ2n) is 5.73. The molecule has 3 rings (SSSR count). The molecule has 0 aliphatic carbocycles. The number of para-hydroxylation sites is 1. The quantitative estimate of drug-likeness (QED) is 0.631. The molecule has 0 spiro atoms. The Balaban J connectivity index is 1.59. The number of benzene rings is 1. The molecule has 24 heavy (non-hydrogen) atoms. The zero-order valence-electron chi connectivity index (χ0n) is 13.8. The molecule has 0 bridgehead atoms. The van der Waals surface area contributed by atoms with Crippen LogP contribution in [-0.4, -0.2) is 43.4 Å². The van der Waals surface area contributed by atoms with Crippen LogP contribution in [-0.2, 0) is 11.3 Å². The molecular weight excluding hydrogens is 342 g/mol. The Morgan fingerprint density at radius 3 is 2.92 bits per heavy atom. The van der Waals surface area contributed by atoms with E-state index in [0.717, 1.165) is 20.4 Å². The average Bonchev–Trinajstić information content (AvgIpc) is 3.18. The summed E-state index contributed by atoms with van der Waals surface area (Å²) in [5.74, 6) is 0.393. The SMILES string of the molecule is CC(C)n1cnnc1SCC(=O)N(C)Cc1nc2ccccc2s1. The third-order valence-electron chi connectivity index (χ3n) is 3.56. The van der Waals surface area contributed by atoms with Crippen molar-refractivity contribution in [1.82, 2.24) is 24.6 Å². The fraction of sp³-hybridized carbons (Fsp3) is 0.375. The molecule has 1 amide bonds. The number of rotatable bonds is 6. The summed E-state index contributed by atoms with van der Waals surface area (Å²) in [4.78, 5) is 18.6. The van der Waals surface area contributed by atoms with Gasteiger partial charge in [-0.15, -0.1) is 21.5 Å². The molecule has 0 fully saturated rings. The van der Waals surface area contributed by atoms with Gasteiger partial charge in [0.25, 0.3) is 0 Å². The Morgan fingerprint density at radius 1 is 1.38 bits per heavy atom. The van der Waals surface area contributed by atoms with Gasteiger partial charge in [-0.1, -0.05) is 23.9 Å². The minimum atomic E-state index is 0.0533. The maximum Gasteiger partial charge on any atom is 0.233 e. The maximum atomic E-state index is 12.4. The van der Waals surface area contributed by atoms with Gasteiger partial charge < -0.3 is 9.47 Å². The molecule has 0 radical (unpaired) electrons. The summed E-state index contributed by atoms with van der Waals surface area (Å²) in [5.41, 5.74) is 0.984. The first-order valence-electron chi connectivity index (χ1n) is 7.65. The van der Waals surface area contributed by atoms with Gasteiger partial charge in [-0.2, -0.15) is 0 Å². The molecule has 0 aliphatic rings. The van der Waals surface area contributed by atoms with Crippen LogP contribution < -0.4 is 0 Å². The van der Waals surface area contributed by atoms with Gasteiger partial charge in [0, 0.05) is 13.1 Å². The van der Waals surface area contributed by atoms with Gasteiger partial charge in [0.2, 0.25) is 5.91 Å². The second kappa shape index (κ2) is 7.31. The van der Waals surface area contributed by atoms with Crippen LogP contribution in [0.25, 0.3) is 10.2 Å². The van der Waals surface area contributed by atoms with Crippen LogP contribution >= 0.6 is 23.1 Å². The highest BCUT2D eigenvalue weighted by molar-refractivity contribution is 7.99. The number of hydrogen-bond donors (Lipinski definition) is 0. The smallest absolute Gasteiger partial charge is 0.233 e. The van der Waals surface area contributed by atoms with Crippen LogP contribution in [0.4, 0.5) is 0 Å². The number of hydrogen-bond acceptors (Lipinski definition) is 6. The number of fused-ring (bicyclic) bond motifs is 1. The molecular formula is C16H19N5OS2. The third-order valence-corrected chi connectivity index (χ3v) is 5.52. The number of thiazole rings is 1. The van der Waals surface area contributed by atoms with Crippen molar-refractivity contribution in [1.29, 1.82) is 0 Å². The van der Waals surface area contributed by atoms with E-state index in [4.69, 9.17) is 0 Å². The topological polar surface area (TPSA) is 63.9 Å². The molecule has 126 valence electrons. The highest BCUT2D eigenvalue weighted by Crippen LogP contribution is 2.23. The lowest BCUT2D eigenvalue weighted by atomic mass is 10.3. The lowest BCUT2D eigenvalue weighted by molar-refractivity contribution is -0.127. The van der Waals surface area contributed by atoms with Gasteiger partial charge in [-0.05, 0) is 26.0 Å². The van der Waals surface area contributed by atoms with Crippen LogP contribution in [0.1, 0.15) is 24.9 Å². The summed E-state index contributed by atoms with van der Waals surface area (Å²) in [5, 5.41) is 9.71. The van der Waals surface area contributed by atoms with Crippen LogP contribution in [0.15, 0.2) is 35.7 Å². The van der Waals surface area contributed by atoms with E-state index >= 15 is 0 Å². The van der Waals surface area contributed by atoms with Crippen molar-refractivity contribution >= 4 is 39.2 Å². The summed E-state index contributed by atoms with van der Waals surface area (Å²) >= 11 is 3.04. The molecule has 1 aromatic carbocycles. The summed E-state index contributed by atoms with van der Waals surface area (Å²) in [6.07, 6.45) is 1.70. The molecule has 3 aromatic rings. The number of thioether (sulfide) groups is 1. The van der Waals surface area contributed by atoms with E-state index in [2.05, 4.69) is 29.0 Å². The van der Waals surface area contributed by atoms with Gasteiger partial charge >= 0.3 is 0 Å². The Bertz CT molecular complexity index is 809. The zero-order valence-corrected chi connectivity index (χ0v) is 15.5. The fourth-order valence-electron chi connectivity index (χ4n) is 2.20. The lowest BCUT2D eigenvalue weighted by Crippen LogP contribution is -2.27. The van der Waals surface area contributed by atoms with Gasteiger partial charge in [-0.25, -0.2) is 4.98 Å². The molecule has 0 atom stereocenters. The number of nitrogens with zero attached hydrogens (tertiary/aromatic N) is 5. The van der Waals surface area contributed by atoms with Gasteiger partial charge in [-0.3, -0.25) is 4.79 Å². The normalized spacial score (nSPS) is 11.3. The fourth-order valence-corrected chi connectivity index (χ4v) is 4.21. The predicted octanol–water partition coefficient (Wildman–Crippen LogP) is 3.22. The predicted molar refractivity (Wildman–Crippen MR) is 97.2 cm³/mol. The van der Waals surface area contributed by atoms with Crippen molar-refractivity contribution in [3.05, 3.63) is 35.6 Å². The summed E-state index contributed by atoms with van der Waals surface area (Å²) in [7, 11) is 1.81. The van der Waals surface area contributed by atoms with E-state index in [1.807, 2.05) is 35.9 Å². The van der Waals surface area contributed by atoms with E-state index in [1.54, 1.807) is 22.6 Å². The first-order chi connectivity index (χ1) is 11.5. The maximum absolute atomic E-state index is 12.4. The molecule has 8 heteroatoms. The van der Waals surface area contributed by atoms with E-state index in [9.17, 15) is 4.79 Å². The first-order valence-corrected chi connectivity index (χ1v) is 9.45. The summed E-state index contributed by atoms with van der Waals surface area (Å²) in [6.45, 7) is 4.65. The number of carbonyl (C=O) groups excluding carboxylic acids is 1. The van der Waals surface area contributed by atoms with Crippen molar-refractivity contribution in [3.8, 4) is 0 Å². The highest BCUT2D eigenvalue weighted by Gasteiger charge is 2.15. The second-order valence-corrected chi connectivity index (χ2v) is 7.79. The molecule has 2 aromatic heterocycles. The standard InChI is InChI=1S/C16H19N5OS2/c1-11(2)21-10-17-19-16(21)23-9-15(22)20(3)8-14-18-12-6-4-5-7-13(12)24-14/h4-7,10-11H,8-9H2,1-3H3. The van der Waals surface area contributed by atoms with E-state index in [0.29, 0.717) is 12.3 Å². The number of carbonyl (C=O) groups is 1. The Kier molecular flexibility index (Phi) is 5.15. The van der Waals surface area contributed by atoms with Gasteiger partial charge in [0.15, 0.2) is 5.16 Å². The van der Waals surface area contributed by atoms with E-state index in [1.165, 1.54) is 11.8 Å². The molecule has 0 unspecified atom stereocenters. The van der Waals surface area contributed by atoms with Crippen molar-refractivity contribution in [2.24, 2.45) is 0 Å².